The molecule has 90 valence electrons. The Labute approximate surface area is 96.4 Å². The molecule has 0 aromatic heterocycles. The van der Waals surface area contributed by atoms with Crippen LogP contribution in [0.1, 0.15) is 32.4 Å². The molecular formula is C11H17NO3S. The zero-order valence-corrected chi connectivity index (χ0v) is 10.5. The van der Waals surface area contributed by atoms with Gasteiger partial charge in [0.05, 0.1) is 11.0 Å². The molecule has 0 heterocycles. The van der Waals surface area contributed by atoms with Crippen molar-refractivity contribution in [3.05, 3.63) is 29.8 Å². The maximum atomic E-state index is 11.8. The Morgan fingerprint density at radius 1 is 1.25 bits per heavy atom. The molecule has 1 unspecified atom stereocenters. The average Bonchev–Trinajstić information content (AvgIpc) is 2.16. The number of hydrogen-bond donors (Lipinski definition) is 2. The zero-order valence-electron chi connectivity index (χ0n) is 9.64. The lowest BCUT2D eigenvalue weighted by atomic mass is 10.1. The van der Waals surface area contributed by atoms with Gasteiger partial charge in [-0.05, 0) is 38.5 Å². The number of rotatable bonds is 4. The molecule has 0 aliphatic heterocycles. The zero-order chi connectivity index (χ0) is 12.3. The van der Waals surface area contributed by atoms with Crippen LogP contribution in [0.4, 0.5) is 0 Å². The summed E-state index contributed by atoms with van der Waals surface area (Å²) in [6.45, 7) is 5.12. The summed E-state index contributed by atoms with van der Waals surface area (Å²) in [5, 5.41) is 9.38. The van der Waals surface area contributed by atoms with Gasteiger partial charge in [0, 0.05) is 6.04 Å². The fraction of sp³-hybridized carbons (Fsp3) is 0.455. The summed E-state index contributed by atoms with van der Waals surface area (Å²) in [6, 6.07) is 6.15. The van der Waals surface area contributed by atoms with Crippen molar-refractivity contribution in [3.63, 3.8) is 0 Å². The van der Waals surface area contributed by atoms with E-state index >= 15 is 0 Å². The molecule has 0 aliphatic carbocycles. The molecule has 0 aliphatic rings. The third-order valence-electron chi connectivity index (χ3n) is 2.04. The van der Waals surface area contributed by atoms with Crippen LogP contribution in [0.25, 0.3) is 0 Å². The SMILES string of the molecule is CC(C)NS(=O)(=O)c1cccc(C(C)O)c1. The molecule has 1 rings (SSSR count). The average molecular weight is 243 g/mol. The number of sulfonamides is 1. The first kappa shape index (κ1) is 13.2. The highest BCUT2D eigenvalue weighted by molar-refractivity contribution is 7.89. The van der Waals surface area contributed by atoms with Crippen LogP contribution in [-0.4, -0.2) is 19.6 Å². The summed E-state index contributed by atoms with van der Waals surface area (Å²) in [4.78, 5) is 0.180. The fourth-order valence-corrected chi connectivity index (χ4v) is 2.63. The van der Waals surface area contributed by atoms with Crippen LogP contribution >= 0.6 is 0 Å². The molecule has 0 saturated heterocycles. The van der Waals surface area contributed by atoms with E-state index in [0.29, 0.717) is 5.56 Å². The summed E-state index contributed by atoms with van der Waals surface area (Å²) in [5.74, 6) is 0. The Bertz CT molecular complexity index is 452. The van der Waals surface area contributed by atoms with E-state index in [1.807, 2.05) is 0 Å². The number of benzene rings is 1. The first-order valence-electron chi connectivity index (χ1n) is 5.13. The van der Waals surface area contributed by atoms with Gasteiger partial charge in [-0.1, -0.05) is 12.1 Å². The Morgan fingerprint density at radius 2 is 1.88 bits per heavy atom. The predicted octanol–water partition coefficient (Wildman–Crippen LogP) is 1.43. The van der Waals surface area contributed by atoms with Crippen LogP contribution < -0.4 is 4.72 Å². The summed E-state index contributed by atoms with van der Waals surface area (Å²) in [5.41, 5.74) is 0.589. The summed E-state index contributed by atoms with van der Waals surface area (Å²) >= 11 is 0. The highest BCUT2D eigenvalue weighted by atomic mass is 32.2. The molecule has 0 spiro atoms. The quantitative estimate of drug-likeness (QED) is 0.840. The molecule has 2 N–H and O–H groups in total. The smallest absolute Gasteiger partial charge is 0.240 e. The fourth-order valence-electron chi connectivity index (χ4n) is 1.32. The molecule has 1 aromatic rings. The molecular weight excluding hydrogens is 226 g/mol. The number of aliphatic hydroxyl groups excluding tert-OH is 1. The lowest BCUT2D eigenvalue weighted by Crippen LogP contribution is -2.30. The van der Waals surface area contributed by atoms with E-state index < -0.39 is 16.1 Å². The van der Waals surface area contributed by atoms with Gasteiger partial charge in [-0.3, -0.25) is 0 Å². The molecule has 0 saturated carbocycles. The maximum absolute atomic E-state index is 11.8. The predicted molar refractivity (Wildman–Crippen MR) is 62.5 cm³/mol. The molecule has 4 nitrogen and oxygen atoms in total. The van der Waals surface area contributed by atoms with E-state index in [1.165, 1.54) is 12.1 Å². The molecule has 5 heteroatoms. The Kier molecular flexibility index (Phi) is 4.07. The van der Waals surface area contributed by atoms with Crippen LogP contribution in [0.15, 0.2) is 29.2 Å². The Morgan fingerprint density at radius 3 is 2.38 bits per heavy atom. The van der Waals surface area contributed by atoms with Crippen LogP contribution in [-0.2, 0) is 10.0 Å². The van der Waals surface area contributed by atoms with Crippen molar-refractivity contribution < 1.29 is 13.5 Å². The van der Waals surface area contributed by atoms with Gasteiger partial charge in [-0.2, -0.15) is 0 Å². The van der Waals surface area contributed by atoms with Gasteiger partial charge < -0.3 is 5.11 Å². The van der Waals surface area contributed by atoms with Crippen molar-refractivity contribution in [2.45, 2.75) is 37.8 Å². The van der Waals surface area contributed by atoms with Gasteiger partial charge in [0.1, 0.15) is 0 Å². The van der Waals surface area contributed by atoms with Crippen molar-refractivity contribution >= 4 is 10.0 Å². The highest BCUT2D eigenvalue weighted by Gasteiger charge is 2.16. The summed E-state index contributed by atoms with van der Waals surface area (Å²) in [6.07, 6.45) is -0.672. The van der Waals surface area contributed by atoms with Crippen molar-refractivity contribution in [3.8, 4) is 0 Å². The van der Waals surface area contributed by atoms with Crippen LogP contribution in [0.3, 0.4) is 0 Å². The monoisotopic (exact) mass is 243 g/mol. The maximum Gasteiger partial charge on any atom is 0.240 e. The van der Waals surface area contributed by atoms with Crippen molar-refractivity contribution in [1.82, 2.24) is 4.72 Å². The van der Waals surface area contributed by atoms with Gasteiger partial charge in [-0.25, -0.2) is 13.1 Å². The summed E-state index contributed by atoms with van der Waals surface area (Å²) < 4.78 is 26.1. The number of hydrogen-bond acceptors (Lipinski definition) is 3. The topological polar surface area (TPSA) is 66.4 Å². The molecule has 1 atom stereocenters. The van der Waals surface area contributed by atoms with E-state index in [4.69, 9.17) is 0 Å². The normalized spacial score (nSPS) is 14.1. The number of nitrogens with one attached hydrogen (secondary N) is 1. The third-order valence-corrected chi connectivity index (χ3v) is 3.70. The molecule has 0 fully saturated rings. The van der Waals surface area contributed by atoms with Crippen molar-refractivity contribution in [2.75, 3.05) is 0 Å². The van der Waals surface area contributed by atoms with Gasteiger partial charge in [0.2, 0.25) is 10.0 Å². The van der Waals surface area contributed by atoms with Gasteiger partial charge in [0.25, 0.3) is 0 Å². The molecule has 16 heavy (non-hydrogen) atoms. The lowest BCUT2D eigenvalue weighted by Gasteiger charge is -2.11. The Hall–Kier alpha value is -0.910. The first-order chi connectivity index (χ1) is 7.33. The lowest BCUT2D eigenvalue weighted by molar-refractivity contribution is 0.199. The van der Waals surface area contributed by atoms with Crippen LogP contribution in [0, 0.1) is 0 Å². The number of aliphatic hydroxyl groups is 1. The van der Waals surface area contributed by atoms with E-state index in [2.05, 4.69) is 4.72 Å². The van der Waals surface area contributed by atoms with E-state index in [0.717, 1.165) is 0 Å². The molecule has 0 radical (unpaired) electrons. The Balaban J connectivity index is 3.09. The van der Waals surface area contributed by atoms with Gasteiger partial charge in [-0.15, -0.1) is 0 Å². The molecule has 0 bridgehead atoms. The second kappa shape index (κ2) is 4.95. The summed E-state index contributed by atoms with van der Waals surface area (Å²) in [7, 11) is -3.48. The highest BCUT2D eigenvalue weighted by Crippen LogP contribution is 2.17. The van der Waals surface area contributed by atoms with E-state index in [-0.39, 0.29) is 10.9 Å². The van der Waals surface area contributed by atoms with Crippen LogP contribution in [0.2, 0.25) is 0 Å². The van der Waals surface area contributed by atoms with Gasteiger partial charge in [0.15, 0.2) is 0 Å². The standard InChI is InChI=1S/C11H17NO3S/c1-8(2)12-16(14,15)11-6-4-5-10(7-11)9(3)13/h4-9,12-13H,1-3H3. The third kappa shape index (κ3) is 3.30. The minimum Gasteiger partial charge on any atom is -0.389 e. The second-order valence-electron chi connectivity index (χ2n) is 4.02. The van der Waals surface area contributed by atoms with E-state index in [9.17, 15) is 13.5 Å². The first-order valence-corrected chi connectivity index (χ1v) is 6.61. The second-order valence-corrected chi connectivity index (χ2v) is 5.74. The minimum atomic E-state index is -3.48. The van der Waals surface area contributed by atoms with Crippen molar-refractivity contribution in [1.29, 1.82) is 0 Å². The van der Waals surface area contributed by atoms with Crippen molar-refractivity contribution in [2.24, 2.45) is 0 Å². The molecule has 1 aromatic carbocycles. The molecule has 0 amide bonds. The minimum absolute atomic E-state index is 0.153. The largest absolute Gasteiger partial charge is 0.389 e. The van der Waals surface area contributed by atoms with E-state index in [1.54, 1.807) is 32.9 Å². The van der Waals surface area contributed by atoms with Crippen LogP contribution in [0.5, 0.6) is 0 Å². The van der Waals surface area contributed by atoms with Gasteiger partial charge >= 0.3 is 0 Å².